The molecular formula is C14H11Cl3N2O. The summed E-state index contributed by atoms with van der Waals surface area (Å²) in [6.45, 7) is 0. The van der Waals surface area contributed by atoms with Crippen LogP contribution >= 0.6 is 34.8 Å². The molecule has 2 rings (SSSR count). The highest BCUT2D eigenvalue weighted by molar-refractivity contribution is 6.37. The zero-order valence-corrected chi connectivity index (χ0v) is 12.6. The average molecular weight is 330 g/mol. The van der Waals surface area contributed by atoms with Gasteiger partial charge in [0.2, 0.25) is 5.91 Å². The molecule has 20 heavy (non-hydrogen) atoms. The van der Waals surface area contributed by atoms with Crippen LogP contribution in [0, 0.1) is 0 Å². The topological polar surface area (TPSA) is 55.1 Å². The van der Waals surface area contributed by atoms with Crippen molar-refractivity contribution in [1.82, 2.24) is 0 Å². The van der Waals surface area contributed by atoms with Gasteiger partial charge in [-0.15, -0.1) is 0 Å². The molecule has 0 saturated heterocycles. The predicted octanol–water partition coefficient (Wildman–Crippen LogP) is 4.41. The number of rotatable bonds is 3. The summed E-state index contributed by atoms with van der Waals surface area (Å²) >= 11 is 17.7. The van der Waals surface area contributed by atoms with Crippen molar-refractivity contribution in [2.45, 2.75) is 6.42 Å². The number of benzene rings is 2. The second-order valence-electron chi connectivity index (χ2n) is 4.20. The second-order valence-corrected chi connectivity index (χ2v) is 5.46. The minimum Gasteiger partial charge on any atom is -0.397 e. The molecule has 0 heterocycles. The van der Waals surface area contributed by atoms with Gasteiger partial charge in [-0.2, -0.15) is 0 Å². The summed E-state index contributed by atoms with van der Waals surface area (Å²) in [5.41, 5.74) is 7.27. The molecule has 6 heteroatoms. The van der Waals surface area contributed by atoms with Gasteiger partial charge in [-0.25, -0.2) is 0 Å². The van der Waals surface area contributed by atoms with E-state index in [0.717, 1.165) is 5.56 Å². The first-order valence-corrected chi connectivity index (χ1v) is 6.88. The van der Waals surface area contributed by atoms with Crippen molar-refractivity contribution in [2.24, 2.45) is 0 Å². The Balaban J connectivity index is 2.08. The van der Waals surface area contributed by atoms with Gasteiger partial charge in [0.1, 0.15) is 0 Å². The number of carbonyl (C=O) groups is 1. The maximum Gasteiger partial charge on any atom is 0.228 e. The van der Waals surface area contributed by atoms with Crippen molar-refractivity contribution in [3.63, 3.8) is 0 Å². The number of nitrogens with one attached hydrogen (secondary N) is 1. The Morgan fingerprint density at radius 3 is 2.35 bits per heavy atom. The van der Waals surface area contributed by atoms with Gasteiger partial charge < -0.3 is 11.1 Å². The highest BCUT2D eigenvalue weighted by Crippen LogP contribution is 2.30. The lowest BCUT2D eigenvalue weighted by atomic mass is 10.1. The molecule has 0 spiro atoms. The summed E-state index contributed by atoms with van der Waals surface area (Å²) in [7, 11) is 0. The summed E-state index contributed by atoms with van der Waals surface area (Å²) in [5.74, 6) is -0.199. The summed E-state index contributed by atoms with van der Waals surface area (Å²) in [5, 5.41) is 4.01. The minimum absolute atomic E-state index is 0.199. The highest BCUT2D eigenvalue weighted by Gasteiger charge is 2.09. The van der Waals surface area contributed by atoms with E-state index in [1.165, 1.54) is 12.1 Å². The zero-order chi connectivity index (χ0) is 14.7. The number of nitrogen functional groups attached to an aromatic ring is 1. The van der Waals surface area contributed by atoms with E-state index in [-0.39, 0.29) is 12.3 Å². The quantitative estimate of drug-likeness (QED) is 0.819. The van der Waals surface area contributed by atoms with Gasteiger partial charge in [-0.05, 0) is 29.8 Å². The smallest absolute Gasteiger partial charge is 0.228 e. The zero-order valence-electron chi connectivity index (χ0n) is 10.3. The minimum atomic E-state index is -0.199. The molecule has 2 aromatic carbocycles. The van der Waals surface area contributed by atoms with Crippen LogP contribution in [0.25, 0.3) is 0 Å². The maximum atomic E-state index is 11.9. The predicted molar refractivity (Wildman–Crippen MR) is 84.7 cm³/mol. The number of anilines is 2. The van der Waals surface area contributed by atoms with Gasteiger partial charge in [0.25, 0.3) is 0 Å². The van der Waals surface area contributed by atoms with Crippen LogP contribution in [0.4, 0.5) is 11.4 Å². The number of amides is 1. The third-order valence-corrected chi connectivity index (χ3v) is 3.53. The summed E-state index contributed by atoms with van der Waals surface area (Å²) in [4.78, 5) is 11.9. The van der Waals surface area contributed by atoms with Crippen LogP contribution < -0.4 is 11.1 Å². The number of carbonyl (C=O) groups excluding carboxylic acids is 1. The van der Waals surface area contributed by atoms with Gasteiger partial charge in [0.15, 0.2) is 0 Å². The molecule has 0 aromatic heterocycles. The largest absolute Gasteiger partial charge is 0.397 e. The molecule has 1 amide bonds. The van der Waals surface area contributed by atoms with Crippen LogP contribution in [0.2, 0.25) is 15.1 Å². The van der Waals surface area contributed by atoms with E-state index < -0.39 is 0 Å². The number of halogens is 3. The van der Waals surface area contributed by atoms with Gasteiger partial charge in [-0.3, -0.25) is 4.79 Å². The molecule has 0 unspecified atom stereocenters. The average Bonchev–Trinajstić information content (AvgIpc) is 2.39. The fourth-order valence-electron chi connectivity index (χ4n) is 1.64. The highest BCUT2D eigenvalue weighted by atomic mass is 35.5. The summed E-state index contributed by atoms with van der Waals surface area (Å²) in [6.07, 6.45) is 0.218. The van der Waals surface area contributed by atoms with Crippen molar-refractivity contribution in [3.8, 4) is 0 Å². The lowest BCUT2D eigenvalue weighted by molar-refractivity contribution is -0.115. The van der Waals surface area contributed by atoms with Crippen molar-refractivity contribution < 1.29 is 4.79 Å². The number of hydrogen-bond donors (Lipinski definition) is 2. The van der Waals surface area contributed by atoms with E-state index in [4.69, 9.17) is 40.5 Å². The molecule has 3 N–H and O–H groups in total. The summed E-state index contributed by atoms with van der Waals surface area (Å²) in [6, 6.07) is 10.1. The van der Waals surface area contributed by atoms with Crippen molar-refractivity contribution in [3.05, 3.63) is 57.0 Å². The third kappa shape index (κ3) is 3.79. The molecule has 0 fully saturated rings. The molecule has 0 radical (unpaired) electrons. The summed E-state index contributed by atoms with van der Waals surface area (Å²) < 4.78 is 0. The van der Waals surface area contributed by atoms with E-state index in [2.05, 4.69) is 5.32 Å². The molecule has 0 aliphatic heterocycles. The van der Waals surface area contributed by atoms with E-state index in [0.29, 0.717) is 26.4 Å². The van der Waals surface area contributed by atoms with Crippen molar-refractivity contribution in [2.75, 3.05) is 11.1 Å². The normalized spacial score (nSPS) is 10.3. The fourth-order valence-corrected chi connectivity index (χ4v) is 2.15. The van der Waals surface area contributed by atoms with Gasteiger partial charge in [0, 0.05) is 5.02 Å². The van der Waals surface area contributed by atoms with Gasteiger partial charge in [0.05, 0.1) is 27.8 Å². The second kappa shape index (κ2) is 6.35. The lowest BCUT2D eigenvalue weighted by Gasteiger charge is -2.09. The van der Waals surface area contributed by atoms with Crippen LogP contribution in [-0.2, 0) is 11.2 Å². The molecule has 0 bridgehead atoms. The van der Waals surface area contributed by atoms with Crippen LogP contribution in [-0.4, -0.2) is 5.91 Å². The Morgan fingerprint density at radius 1 is 1.05 bits per heavy atom. The molecular weight excluding hydrogens is 319 g/mol. The number of hydrogen-bond acceptors (Lipinski definition) is 2. The molecule has 3 nitrogen and oxygen atoms in total. The molecule has 2 aromatic rings. The Hall–Kier alpha value is -1.42. The molecule has 0 aliphatic carbocycles. The first-order valence-electron chi connectivity index (χ1n) is 5.74. The van der Waals surface area contributed by atoms with Gasteiger partial charge >= 0.3 is 0 Å². The number of nitrogens with two attached hydrogens (primary N) is 1. The van der Waals surface area contributed by atoms with E-state index >= 15 is 0 Å². The van der Waals surface area contributed by atoms with Crippen LogP contribution in [0.3, 0.4) is 0 Å². The Kier molecular flexibility index (Phi) is 4.76. The van der Waals surface area contributed by atoms with E-state index in [9.17, 15) is 4.79 Å². The Morgan fingerprint density at radius 2 is 1.70 bits per heavy atom. The molecule has 0 saturated carbocycles. The van der Waals surface area contributed by atoms with E-state index in [1.54, 1.807) is 24.3 Å². The molecule has 0 atom stereocenters. The van der Waals surface area contributed by atoms with Crippen molar-refractivity contribution in [1.29, 1.82) is 0 Å². The standard InChI is InChI=1S/C14H11Cl3N2O/c15-9-3-1-8(2-4-9)5-14(20)19-13-7-10(16)12(18)6-11(13)17/h1-4,6-7H,5,18H2,(H,19,20). The van der Waals surface area contributed by atoms with Crippen LogP contribution in [0.5, 0.6) is 0 Å². The van der Waals surface area contributed by atoms with Gasteiger partial charge in [-0.1, -0.05) is 46.9 Å². The third-order valence-electron chi connectivity index (χ3n) is 2.64. The Labute approximate surface area is 131 Å². The van der Waals surface area contributed by atoms with Crippen LogP contribution in [0.15, 0.2) is 36.4 Å². The fraction of sp³-hybridized carbons (Fsp3) is 0.0714. The first-order chi connectivity index (χ1) is 9.45. The van der Waals surface area contributed by atoms with Crippen molar-refractivity contribution >= 4 is 52.1 Å². The lowest BCUT2D eigenvalue weighted by Crippen LogP contribution is -2.14. The Bertz CT molecular complexity index is 642. The first kappa shape index (κ1) is 15.0. The SMILES string of the molecule is Nc1cc(Cl)c(NC(=O)Cc2ccc(Cl)cc2)cc1Cl. The monoisotopic (exact) mass is 328 g/mol. The van der Waals surface area contributed by atoms with E-state index in [1.807, 2.05) is 0 Å². The molecule has 0 aliphatic rings. The molecule has 104 valence electrons. The maximum absolute atomic E-state index is 11.9. The van der Waals surface area contributed by atoms with Crippen LogP contribution in [0.1, 0.15) is 5.56 Å².